The number of esters is 1. The van der Waals surface area contributed by atoms with Crippen molar-refractivity contribution >= 4 is 23.5 Å². The van der Waals surface area contributed by atoms with Crippen molar-refractivity contribution < 1.29 is 19.1 Å². The molecule has 0 saturated carbocycles. The largest absolute Gasteiger partial charge is 0.454 e. The molecule has 2 amide bonds. The van der Waals surface area contributed by atoms with Crippen LogP contribution in [0.25, 0.3) is 0 Å². The highest BCUT2D eigenvalue weighted by Gasteiger charge is 2.20. The number of nitrogens with one attached hydrogen (secondary N) is 2. The number of para-hydroxylation sites is 1. The fourth-order valence-electron chi connectivity index (χ4n) is 2.65. The summed E-state index contributed by atoms with van der Waals surface area (Å²) in [5.74, 6) is -0.800. The average Bonchev–Trinajstić information content (AvgIpc) is 2.67. The fourth-order valence-corrected chi connectivity index (χ4v) is 2.65. The topological polar surface area (TPSA) is 84.5 Å². The van der Waals surface area contributed by atoms with Gasteiger partial charge in [0.1, 0.15) is 0 Å². The summed E-state index contributed by atoms with van der Waals surface area (Å²) in [4.78, 5) is 36.2. The number of Topliss-reactive ketones (excluding diaryl/α,β-unsaturated/α-hetero) is 1. The SMILES string of the molecule is C[C@@H](OC(=O)CCNC(=O)Nc1ccccc1)C(=O)c1ccc(C(C)(C)C)cc1. The summed E-state index contributed by atoms with van der Waals surface area (Å²) in [6.45, 7) is 7.96. The van der Waals surface area contributed by atoms with Crippen molar-refractivity contribution in [3.63, 3.8) is 0 Å². The molecule has 0 aromatic heterocycles. The van der Waals surface area contributed by atoms with E-state index in [1.807, 2.05) is 30.3 Å². The van der Waals surface area contributed by atoms with Gasteiger partial charge in [0.15, 0.2) is 6.10 Å². The first-order valence-corrected chi connectivity index (χ1v) is 9.61. The van der Waals surface area contributed by atoms with Gasteiger partial charge in [-0.25, -0.2) is 4.79 Å². The number of hydrogen-bond acceptors (Lipinski definition) is 4. The average molecular weight is 396 g/mol. The van der Waals surface area contributed by atoms with Crippen LogP contribution in [0.2, 0.25) is 0 Å². The lowest BCUT2D eigenvalue weighted by Crippen LogP contribution is -2.32. The zero-order chi connectivity index (χ0) is 21.4. The summed E-state index contributed by atoms with van der Waals surface area (Å²) in [6, 6.07) is 15.9. The van der Waals surface area contributed by atoms with Crippen LogP contribution in [0.3, 0.4) is 0 Å². The molecule has 154 valence electrons. The molecule has 2 aromatic rings. The summed E-state index contributed by atoms with van der Waals surface area (Å²) in [5, 5.41) is 5.24. The highest BCUT2D eigenvalue weighted by Crippen LogP contribution is 2.22. The Morgan fingerprint density at radius 1 is 0.966 bits per heavy atom. The zero-order valence-corrected chi connectivity index (χ0v) is 17.3. The zero-order valence-electron chi connectivity index (χ0n) is 17.3. The van der Waals surface area contributed by atoms with Gasteiger partial charge in [-0.3, -0.25) is 9.59 Å². The van der Waals surface area contributed by atoms with Gasteiger partial charge in [0.25, 0.3) is 0 Å². The van der Waals surface area contributed by atoms with Gasteiger partial charge in [-0.1, -0.05) is 63.2 Å². The van der Waals surface area contributed by atoms with Crippen molar-refractivity contribution in [1.29, 1.82) is 0 Å². The van der Waals surface area contributed by atoms with Crippen molar-refractivity contribution in [2.75, 3.05) is 11.9 Å². The first-order valence-electron chi connectivity index (χ1n) is 9.61. The third-order valence-electron chi connectivity index (χ3n) is 4.36. The summed E-state index contributed by atoms with van der Waals surface area (Å²) in [7, 11) is 0. The molecule has 0 heterocycles. The van der Waals surface area contributed by atoms with E-state index in [9.17, 15) is 14.4 Å². The Kier molecular flexibility index (Phi) is 7.53. The van der Waals surface area contributed by atoms with Crippen LogP contribution >= 0.6 is 0 Å². The van der Waals surface area contributed by atoms with Gasteiger partial charge in [-0.05, 0) is 30.0 Å². The summed E-state index contributed by atoms with van der Waals surface area (Å²) in [6.07, 6.45) is -0.913. The number of anilines is 1. The first kappa shape index (κ1) is 22.1. The fraction of sp³-hybridized carbons (Fsp3) is 0.348. The van der Waals surface area contributed by atoms with Gasteiger partial charge in [0, 0.05) is 17.8 Å². The molecule has 1 atom stereocenters. The standard InChI is InChI=1S/C23H28N2O4/c1-16(21(27)17-10-12-18(13-11-17)23(2,3)4)29-20(26)14-15-24-22(28)25-19-8-6-5-7-9-19/h5-13,16H,14-15H2,1-4H3,(H2,24,25,28)/t16-/m1/s1. The Labute approximate surface area is 171 Å². The minimum atomic E-state index is -0.888. The van der Waals surface area contributed by atoms with Gasteiger partial charge in [0.2, 0.25) is 5.78 Å². The molecule has 0 aliphatic heterocycles. The van der Waals surface area contributed by atoms with Gasteiger partial charge < -0.3 is 15.4 Å². The van der Waals surface area contributed by atoms with Crippen LogP contribution in [0.15, 0.2) is 54.6 Å². The van der Waals surface area contributed by atoms with Crippen LogP contribution in [-0.4, -0.2) is 30.4 Å². The predicted molar refractivity (Wildman–Crippen MR) is 113 cm³/mol. The van der Waals surface area contributed by atoms with Gasteiger partial charge in [0.05, 0.1) is 6.42 Å². The Hall–Kier alpha value is -3.15. The Bertz CT molecular complexity index is 839. The molecule has 6 heteroatoms. The Balaban J connectivity index is 1.76. The highest BCUT2D eigenvalue weighted by molar-refractivity contribution is 6.00. The Morgan fingerprint density at radius 3 is 2.17 bits per heavy atom. The van der Waals surface area contributed by atoms with Crippen molar-refractivity contribution in [2.45, 2.75) is 45.6 Å². The maximum absolute atomic E-state index is 12.5. The molecular formula is C23H28N2O4. The highest BCUT2D eigenvalue weighted by atomic mass is 16.5. The predicted octanol–water partition coefficient (Wildman–Crippen LogP) is 4.31. The van der Waals surface area contributed by atoms with E-state index in [-0.39, 0.29) is 24.2 Å². The second kappa shape index (κ2) is 9.87. The smallest absolute Gasteiger partial charge is 0.319 e. The molecule has 0 saturated heterocycles. The molecule has 6 nitrogen and oxygen atoms in total. The maximum atomic E-state index is 12.5. The number of amides is 2. The lowest BCUT2D eigenvalue weighted by Gasteiger charge is -2.19. The molecule has 0 unspecified atom stereocenters. The van der Waals surface area contributed by atoms with Gasteiger partial charge in [-0.15, -0.1) is 0 Å². The molecule has 29 heavy (non-hydrogen) atoms. The van der Waals surface area contributed by atoms with Crippen LogP contribution in [-0.2, 0) is 14.9 Å². The van der Waals surface area contributed by atoms with Crippen molar-refractivity contribution in [3.8, 4) is 0 Å². The number of urea groups is 1. The molecule has 0 fully saturated rings. The molecule has 0 aliphatic carbocycles. The van der Waals surface area contributed by atoms with E-state index in [1.54, 1.807) is 31.2 Å². The minimum Gasteiger partial charge on any atom is -0.454 e. The Morgan fingerprint density at radius 2 is 1.59 bits per heavy atom. The number of carbonyl (C=O) groups excluding carboxylic acids is 3. The summed E-state index contributed by atoms with van der Waals surface area (Å²) >= 11 is 0. The van der Waals surface area contributed by atoms with Gasteiger partial charge >= 0.3 is 12.0 Å². The lowest BCUT2D eigenvalue weighted by atomic mass is 9.86. The van der Waals surface area contributed by atoms with Crippen LogP contribution in [0.4, 0.5) is 10.5 Å². The van der Waals surface area contributed by atoms with Crippen LogP contribution in [0.5, 0.6) is 0 Å². The molecule has 0 radical (unpaired) electrons. The molecule has 2 aromatic carbocycles. The lowest BCUT2D eigenvalue weighted by molar-refractivity contribution is -0.146. The molecule has 0 aliphatic rings. The number of hydrogen-bond donors (Lipinski definition) is 2. The third-order valence-corrected chi connectivity index (χ3v) is 4.36. The van der Waals surface area contributed by atoms with E-state index >= 15 is 0 Å². The number of ketones is 1. The minimum absolute atomic E-state index is 0.000534. The number of benzene rings is 2. The van der Waals surface area contributed by atoms with Crippen molar-refractivity contribution in [3.05, 3.63) is 65.7 Å². The van der Waals surface area contributed by atoms with E-state index in [4.69, 9.17) is 4.74 Å². The van der Waals surface area contributed by atoms with E-state index in [0.29, 0.717) is 11.3 Å². The number of ether oxygens (including phenoxy) is 1. The molecule has 2 N–H and O–H groups in total. The quantitative estimate of drug-likeness (QED) is 0.539. The normalized spacial score (nSPS) is 12.0. The summed E-state index contributed by atoms with van der Waals surface area (Å²) < 4.78 is 5.20. The summed E-state index contributed by atoms with van der Waals surface area (Å²) in [5.41, 5.74) is 2.28. The molecule has 0 bridgehead atoms. The van der Waals surface area contributed by atoms with Crippen molar-refractivity contribution in [1.82, 2.24) is 5.32 Å². The molecule has 0 spiro atoms. The van der Waals surface area contributed by atoms with Crippen LogP contribution in [0.1, 0.15) is 50.0 Å². The van der Waals surface area contributed by atoms with Crippen molar-refractivity contribution in [2.24, 2.45) is 0 Å². The van der Waals surface area contributed by atoms with E-state index in [0.717, 1.165) is 5.56 Å². The van der Waals surface area contributed by atoms with E-state index in [1.165, 1.54) is 0 Å². The second-order valence-electron chi connectivity index (χ2n) is 7.82. The van der Waals surface area contributed by atoms with E-state index in [2.05, 4.69) is 31.4 Å². The maximum Gasteiger partial charge on any atom is 0.319 e. The number of carbonyl (C=O) groups is 3. The first-order chi connectivity index (χ1) is 13.7. The van der Waals surface area contributed by atoms with Gasteiger partial charge in [-0.2, -0.15) is 0 Å². The number of rotatable bonds is 7. The third kappa shape index (κ3) is 7.07. The second-order valence-corrected chi connectivity index (χ2v) is 7.82. The van der Waals surface area contributed by atoms with Crippen LogP contribution in [0, 0.1) is 0 Å². The van der Waals surface area contributed by atoms with E-state index < -0.39 is 18.1 Å². The molecular weight excluding hydrogens is 368 g/mol. The molecule has 2 rings (SSSR count). The van der Waals surface area contributed by atoms with Crippen LogP contribution < -0.4 is 10.6 Å². The monoisotopic (exact) mass is 396 g/mol.